The normalized spacial score (nSPS) is 13.4. The van der Waals surface area contributed by atoms with Gasteiger partial charge >= 0.3 is 29.9 Å². The molecule has 0 aliphatic rings. The Bertz CT molecular complexity index is 334. The summed E-state index contributed by atoms with van der Waals surface area (Å²) in [4.78, 5) is 11.7. The standard InChI is InChI=1S/C21H40O2S.Sn.2H/c1-4-6-7-8-9-10-11-12-13-14-15-16-17-18-19-21(24,5-2)20(22)23-3;;;/h12-13,24H,4-11,14-19H2,1-3H3;;;/b13-12-;;;. The molecule has 0 amide bonds. The number of carbonyl (C=O) groups is 1. The van der Waals surface area contributed by atoms with Crippen LogP contribution in [-0.4, -0.2) is 41.7 Å². The third-order valence-corrected chi connectivity index (χ3v) is 5.47. The van der Waals surface area contributed by atoms with Gasteiger partial charge in [0.25, 0.3) is 0 Å². The van der Waals surface area contributed by atoms with Crippen LogP contribution in [0.15, 0.2) is 12.2 Å². The van der Waals surface area contributed by atoms with E-state index in [-0.39, 0.29) is 29.9 Å². The number of carbonyl (C=O) groups excluding carboxylic acids is 1. The number of hydrogen-bond acceptors (Lipinski definition) is 3. The fourth-order valence-electron chi connectivity index (χ4n) is 2.92. The molecule has 0 aromatic rings. The van der Waals surface area contributed by atoms with Gasteiger partial charge in [0.15, 0.2) is 0 Å². The molecule has 1 atom stereocenters. The van der Waals surface area contributed by atoms with Crippen molar-refractivity contribution in [3.8, 4) is 0 Å². The van der Waals surface area contributed by atoms with E-state index < -0.39 is 4.75 Å². The van der Waals surface area contributed by atoms with Crippen LogP contribution in [0.2, 0.25) is 0 Å². The first-order valence-electron chi connectivity index (χ1n) is 10.1. The molecule has 148 valence electrons. The minimum atomic E-state index is -0.591. The Hall–Kier alpha value is 0.359. The number of esters is 1. The minimum absolute atomic E-state index is 0. The molecule has 0 saturated heterocycles. The maximum absolute atomic E-state index is 11.7. The summed E-state index contributed by atoms with van der Waals surface area (Å²) < 4.78 is 4.26. The molecular formula is C21H42O2SSn. The van der Waals surface area contributed by atoms with E-state index in [9.17, 15) is 4.79 Å². The zero-order valence-electron chi connectivity index (χ0n) is 17.0. The summed E-state index contributed by atoms with van der Waals surface area (Å²) >= 11 is 4.53. The summed E-state index contributed by atoms with van der Waals surface area (Å²) in [6, 6.07) is 0. The Kier molecular flexibility index (Phi) is 21.1. The molecule has 0 N–H and O–H groups in total. The zero-order valence-corrected chi connectivity index (χ0v) is 22.0. The van der Waals surface area contributed by atoms with E-state index >= 15 is 0 Å². The predicted octanol–water partition coefficient (Wildman–Crippen LogP) is 5.97. The zero-order chi connectivity index (χ0) is 18.1. The van der Waals surface area contributed by atoms with Gasteiger partial charge in [0.2, 0.25) is 0 Å². The molecule has 0 aromatic carbocycles. The Labute approximate surface area is 179 Å². The van der Waals surface area contributed by atoms with Crippen LogP contribution in [0.1, 0.15) is 104 Å². The molecule has 0 saturated carbocycles. The summed E-state index contributed by atoms with van der Waals surface area (Å²) in [6.45, 7) is 4.26. The molecule has 0 bridgehead atoms. The third kappa shape index (κ3) is 15.1. The average Bonchev–Trinajstić information content (AvgIpc) is 2.61. The van der Waals surface area contributed by atoms with Crippen molar-refractivity contribution in [2.75, 3.05) is 7.11 Å². The van der Waals surface area contributed by atoms with E-state index in [0.717, 1.165) is 19.3 Å². The van der Waals surface area contributed by atoms with Crippen LogP contribution < -0.4 is 0 Å². The summed E-state index contributed by atoms with van der Waals surface area (Å²) in [7, 11) is 1.44. The van der Waals surface area contributed by atoms with Gasteiger partial charge in [-0.2, -0.15) is 12.6 Å². The summed E-state index contributed by atoms with van der Waals surface area (Å²) in [5.41, 5.74) is 0. The fourth-order valence-corrected chi connectivity index (χ4v) is 3.17. The van der Waals surface area contributed by atoms with Gasteiger partial charge in [-0.15, -0.1) is 0 Å². The Morgan fingerprint density at radius 1 is 0.880 bits per heavy atom. The van der Waals surface area contributed by atoms with Gasteiger partial charge in [-0.05, 0) is 38.5 Å². The van der Waals surface area contributed by atoms with Crippen molar-refractivity contribution in [1.82, 2.24) is 0 Å². The van der Waals surface area contributed by atoms with Crippen molar-refractivity contribution in [2.45, 2.75) is 108 Å². The quantitative estimate of drug-likeness (QED) is 0.0975. The first-order chi connectivity index (χ1) is 11.6. The van der Waals surface area contributed by atoms with Crippen LogP contribution in [-0.2, 0) is 9.53 Å². The Morgan fingerprint density at radius 3 is 1.84 bits per heavy atom. The number of allylic oxidation sites excluding steroid dienone is 2. The third-order valence-electron chi connectivity index (χ3n) is 4.75. The summed E-state index contributed by atoms with van der Waals surface area (Å²) in [6.07, 6.45) is 21.6. The molecule has 25 heavy (non-hydrogen) atoms. The van der Waals surface area contributed by atoms with Crippen molar-refractivity contribution < 1.29 is 9.53 Å². The molecule has 1 unspecified atom stereocenters. The van der Waals surface area contributed by atoms with E-state index in [2.05, 4.69) is 31.7 Å². The fraction of sp³-hybridized carbons (Fsp3) is 0.857. The second-order valence-electron chi connectivity index (χ2n) is 6.86. The molecule has 2 nitrogen and oxygen atoms in total. The monoisotopic (exact) mass is 478 g/mol. The van der Waals surface area contributed by atoms with Gasteiger partial charge in [0.1, 0.15) is 4.75 Å². The molecule has 2 radical (unpaired) electrons. The first-order valence-corrected chi connectivity index (χ1v) is 10.5. The molecule has 0 fully saturated rings. The molecule has 0 aliphatic heterocycles. The van der Waals surface area contributed by atoms with Crippen molar-refractivity contribution in [3.05, 3.63) is 12.2 Å². The van der Waals surface area contributed by atoms with E-state index in [1.807, 2.05) is 6.92 Å². The maximum atomic E-state index is 11.7. The van der Waals surface area contributed by atoms with Gasteiger partial charge in [0, 0.05) is 0 Å². The van der Waals surface area contributed by atoms with Crippen LogP contribution >= 0.6 is 12.6 Å². The number of hydrogen-bond donors (Lipinski definition) is 1. The van der Waals surface area contributed by atoms with E-state index in [1.165, 1.54) is 77.7 Å². The van der Waals surface area contributed by atoms with Crippen LogP contribution in [0.4, 0.5) is 0 Å². The Balaban J connectivity index is 0. The molecule has 0 aliphatic carbocycles. The molecule has 0 rings (SSSR count). The second kappa shape index (κ2) is 19.1. The summed E-state index contributed by atoms with van der Waals surface area (Å²) in [5.74, 6) is -0.189. The number of rotatable bonds is 16. The van der Waals surface area contributed by atoms with Crippen molar-refractivity contribution in [1.29, 1.82) is 0 Å². The van der Waals surface area contributed by atoms with Crippen molar-refractivity contribution >= 4 is 42.5 Å². The molecular weight excluding hydrogens is 435 g/mol. The number of ether oxygens (including phenoxy) is 1. The number of unbranched alkanes of at least 4 members (excludes halogenated alkanes) is 10. The van der Waals surface area contributed by atoms with Gasteiger partial charge < -0.3 is 4.74 Å². The topological polar surface area (TPSA) is 26.3 Å². The van der Waals surface area contributed by atoms with E-state index in [4.69, 9.17) is 4.74 Å². The van der Waals surface area contributed by atoms with Gasteiger partial charge in [0.05, 0.1) is 7.11 Å². The van der Waals surface area contributed by atoms with E-state index in [1.54, 1.807) is 0 Å². The van der Waals surface area contributed by atoms with Crippen molar-refractivity contribution in [3.63, 3.8) is 0 Å². The molecule has 0 spiro atoms. The summed E-state index contributed by atoms with van der Waals surface area (Å²) in [5, 5.41) is 0. The number of thiol groups is 1. The van der Waals surface area contributed by atoms with Crippen LogP contribution in [0, 0.1) is 0 Å². The van der Waals surface area contributed by atoms with Crippen LogP contribution in [0.25, 0.3) is 0 Å². The van der Waals surface area contributed by atoms with Crippen LogP contribution in [0.3, 0.4) is 0 Å². The van der Waals surface area contributed by atoms with Crippen molar-refractivity contribution in [2.24, 2.45) is 0 Å². The average molecular weight is 477 g/mol. The SMILES string of the molecule is CCCCCCCC/C=C\CCCCCCC(S)(CC)C(=O)OC.[SnH2]. The van der Waals surface area contributed by atoms with Gasteiger partial charge in [-0.25, -0.2) is 0 Å². The second-order valence-corrected chi connectivity index (χ2v) is 7.71. The van der Waals surface area contributed by atoms with Gasteiger partial charge in [-0.1, -0.05) is 77.4 Å². The first kappa shape index (κ1) is 27.6. The van der Waals surface area contributed by atoms with E-state index in [0.29, 0.717) is 0 Å². The number of methoxy groups -OCH3 is 1. The molecule has 0 heterocycles. The molecule has 4 heteroatoms. The molecule has 0 aromatic heterocycles. The predicted molar refractivity (Wildman–Crippen MR) is 117 cm³/mol. The Morgan fingerprint density at radius 2 is 1.36 bits per heavy atom. The van der Waals surface area contributed by atoms with Gasteiger partial charge in [-0.3, -0.25) is 4.79 Å². The van der Waals surface area contributed by atoms with Crippen LogP contribution in [0.5, 0.6) is 0 Å².